The fourth-order valence-electron chi connectivity index (χ4n) is 1.69. The van der Waals surface area contributed by atoms with E-state index in [2.05, 4.69) is 15.3 Å². The standard InChI is InChI=1S/C13H14F3N3S/c1-9(12-17-6-7-18-12)19-8-10-2-4-11(5-3-10)20-13(14,15)16/h2-7,9,19H,8H2,1H3,(H,17,18). The van der Waals surface area contributed by atoms with Crippen LogP contribution in [0.25, 0.3) is 0 Å². The van der Waals surface area contributed by atoms with E-state index >= 15 is 0 Å². The number of alkyl halides is 3. The number of hydrogen-bond acceptors (Lipinski definition) is 3. The lowest BCUT2D eigenvalue weighted by Crippen LogP contribution is -2.19. The predicted octanol–water partition coefficient (Wildman–Crippen LogP) is 3.87. The van der Waals surface area contributed by atoms with Crippen LogP contribution in [0, 0.1) is 0 Å². The summed E-state index contributed by atoms with van der Waals surface area (Å²) in [6.45, 7) is 2.53. The number of nitrogens with zero attached hydrogens (tertiary/aromatic N) is 1. The molecular weight excluding hydrogens is 287 g/mol. The second-order valence-electron chi connectivity index (χ2n) is 4.27. The number of halogens is 3. The molecule has 2 rings (SSSR count). The van der Waals surface area contributed by atoms with Gasteiger partial charge in [-0.1, -0.05) is 12.1 Å². The summed E-state index contributed by atoms with van der Waals surface area (Å²) in [4.78, 5) is 7.34. The number of imidazole rings is 1. The first-order valence-corrected chi connectivity index (χ1v) is 6.83. The summed E-state index contributed by atoms with van der Waals surface area (Å²) in [6, 6.07) is 6.39. The molecule has 0 fully saturated rings. The Morgan fingerprint density at radius 3 is 2.55 bits per heavy atom. The van der Waals surface area contributed by atoms with Gasteiger partial charge in [-0.3, -0.25) is 0 Å². The van der Waals surface area contributed by atoms with Crippen LogP contribution in [0.5, 0.6) is 0 Å². The van der Waals surface area contributed by atoms with Crippen LogP contribution < -0.4 is 5.32 Å². The molecule has 0 aliphatic rings. The summed E-state index contributed by atoms with van der Waals surface area (Å²) in [5.74, 6) is 0.828. The van der Waals surface area contributed by atoms with E-state index < -0.39 is 5.51 Å². The second kappa shape index (κ2) is 6.32. The maximum absolute atomic E-state index is 12.2. The average molecular weight is 301 g/mol. The maximum Gasteiger partial charge on any atom is 0.446 e. The van der Waals surface area contributed by atoms with Gasteiger partial charge in [0.2, 0.25) is 0 Å². The summed E-state index contributed by atoms with van der Waals surface area (Å²) in [5, 5.41) is 3.25. The fourth-order valence-corrected chi connectivity index (χ4v) is 2.23. The molecule has 1 heterocycles. The summed E-state index contributed by atoms with van der Waals surface area (Å²) >= 11 is -0.104. The monoisotopic (exact) mass is 301 g/mol. The van der Waals surface area contributed by atoms with Crippen molar-refractivity contribution in [3.05, 3.63) is 48.0 Å². The van der Waals surface area contributed by atoms with E-state index in [-0.39, 0.29) is 22.7 Å². The lowest BCUT2D eigenvalue weighted by molar-refractivity contribution is -0.0328. The molecule has 0 aliphatic carbocycles. The Bertz CT molecular complexity index is 523. The molecule has 20 heavy (non-hydrogen) atoms. The van der Waals surface area contributed by atoms with Gasteiger partial charge in [0.05, 0.1) is 6.04 Å². The first kappa shape index (κ1) is 14.9. The van der Waals surface area contributed by atoms with Gasteiger partial charge in [0.25, 0.3) is 0 Å². The molecule has 0 saturated heterocycles. The first-order chi connectivity index (χ1) is 9.44. The number of nitrogens with one attached hydrogen (secondary N) is 2. The zero-order valence-electron chi connectivity index (χ0n) is 10.7. The van der Waals surface area contributed by atoms with E-state index in [0.29, 0.717) is 6.54 Å². The van der Waals surface area contributed by atoms with E-state index in [1.807, 2.05) is 6.92 Å². The molecular formula is C13H14F3N3S. The van der Waals surface area contributed by atoms with Gasteiger partial charge >= 0.3 is 5.51 Å². The second-order valence-corrected chi connectivity index (χ2v) is 5.41. The smallest absolute Gasteiger partial charge is 0.347 e. The Morgan fingerprint density at radius 1 is 1.30 bits per heavy atom. The van der Waals surface area contributed by atoms with Crippen molar-refractivity contribution in [3.8, 4) is 0 Å². The Balaban J connectivity index is 1.88. The Morgan fingerprint density at radius 2 is 2.00 bits per heavy atom. The van der Waals surface area contributed by atoms with Gasteiger partial charge in [-0.2, -0.15) is 13.2 Å². The number of thioether (sulfide) groups is 1. The lowest BCUT2D eigenvalue weighted by Gasteiger charge is -2.12. The minimum Gasteiger partial charge on any atom is -0.347 e. The molecule has 0 bridgehead atoms. The molecule has 0 amide bonds. The highest BCUT2D eigenvalue weighted by Gasteiger charge is 2.28. The molecule has 1 atom stereocenters. The minimum absolute atomic E-state index is 0.0502. The molecule has 1 aromatic heterocycles. The highest BCUT2D eigenvalue weighted by Crippen LogP contribution is 2.36. The Hall–Kier alpha value is -1.47. The van der Waals surface area contributed by atoms with Gasteiger partial charge in [0, 0.05) is 23.8 Å². The zero-order valence-corrected chi connectivity index (χ0v) is 11.6. The maximum atomic E-state index is 12.2. The number of rotatable bonds is 5. The third-order valence-electron chi connectivity index (χ3n) is 2.70. The van der Waals surface area contributed by atoms with Crippen LogP contribution in [0.1, 0.15) is 24.4 Å². The van der Waals surface area contributed by atoms with Crippen molar-refractivity contribution in [2.75, 3.05) is 0 Å². The molecule has 7 heteroatoms. The van der Waals surface area contributed by atoms with Gasteiger partial charge in [-0.25, -0.2) is 4.98 Å². The van der Waals surface area contributed by atoms with Crippen LogP contribution >= 0.6 is 11.8 Å². The van der Waals surface area contributed by atoms with Crippen LogP contribution in [-0.4, -0.2) is 15.5 Å². The normalized spacial score (nSPS) is 13.4. The van der Waals surface area contributed by atoms with Crippen molar-refractivity contribution in [1.29, 1.82) is 0 Å². The van der Waals surface area contributed by atoms with E-state index in [0.717, 1.165) is 11.4 Å². The van der Waals surface area contributed by atoms with Gasteiger partial charge < -0.3 is 10.3 Å². The highest BCUT2D eigenvalue weighted by atomic mass is 32.2. The third kappa shape index (κ3) is 4.57. The molecule has 0 aliphatic heterocycles. The van der Waals surface area contributed by atoms with Crippen LogP contribution in [0.2, 0.25) is 0 Å². The molecule has 3 nitrogen and oxygen atoms in total. The first-order valence-electron chi connectivity index (χ1n) is 6.01. The molecule has 1 unspecified atom stereocenters. The summed E-state index contributed by atoms with van der Waals surface area (Å²) < 4.78 is 36.6. The van der Waals surface area contributed by atoms with E-state index in [1.165, 1.54) is 12.1 Å². The quantitative estimate of drug-likeness (QED) is 0.824. The summed E-state index contributed by atoms with van der Waals surface area (Å²) in [5.41, 5.74) is -3.32. The van der Waals surface area contributed by atoms with Gasteiger partial charge in [-0.05, 0) is 36.4 Å². The summed E-state index contributed by atoms with van der Waals surface area (Å²) in [7, 11) is 0. The molecule has 2 aromatic rings. The van der Waals surface area contributed by atoms with E-state index in [9.17, 15) is 13.2 Å². The molecule has 1 aromatic carbocycles. The number of aromatic nitrogens is 2. The zero-order chi connectivity index (χ0) is 14.6. The molecule has 0 saturated carbocycles. The van der Waals surface area contributed by atoms with Crippen molar-refractivity contribution < 1.29 is 13.2 Å². The van der Waals surface area contributed by atoms with Crippen molar-refractivity contribution >= 4 is 11.8 Å². The van der Waals surface area contributed by atoms with Crippen molar-refractivity contribution in [2.24, 2.45) is 0 Å². The van der Waals surface area contributed by atoms with E-state index in [1.54, 1.807) is 24.5 Å². The van der Waals surface area contributed by atoms with Crippen LogP contribution in [-0.2, 0) is 6.54 Å². The molecule has 2 N–H and O–H groups in total. The third-order valence-corrected chi connectivity index (χ3v) is 3.44. The summed E-state index contributed by atoms with van der Waals surface area (Å²) in [6.07, 6.45) is 3.42. The average Bonchev–Trinajstić information content (AvgIpc) is 2.89. The number of aromatic amines is 1. The van der Waals surface area contributed by atoms with Crippen LogP contribution in [0.3, 0.4) is 0 Å². The van der Waals surface area contributed by atoms with Gasteiger partial charge in [0.1, 0.15) is 5.82 Å². The number of hydrogen-bond donors (Lipinski definition) is 2. The SMILES string of the molecule is CC(NCc1ccc(SC(F)(F)F)cc1)c1ncc[nH]1. The van der Waals surface area contributed by atoms with Crippen LogP contribution in [0.4, 0.5) is 13.2 Å². The highest BCUT2D eigenvalue weighted by molar-refractivity contribution is 8.00. The van der Waals surface area contributed by atoms with Crippen molar-refractivity contribution in [1.82, 2.24) is 15.3 Å². The van der Waals surface area contributed by atoms with Crippen molar-refractivity contribution in [2.45, 2.75) is 29.9 Å². The molecule has 108 valence electrons. The van der Waals surface area contributed by atoms with E-state index in [4.69, 9.17) is 0 Å². The van der Waals surface area contributed by atoms with Gasteiger partial charge in [-0.15, -0.1) is 0 Å². The Labute approximate surface area is 119 Å². The predicted molar refractivity (Wildman–Crippen MR) is 72.2 cm³/mol. The Kier molecular flexibility index (Phi) is 4.72. The van der Waals surface area contributed by atoms with Crippen molar-refractivity contribution in [3.63, 3.8) is 0 Å². The largest absolute Gasteiger partial charge is 0.446 e. The topological polar surface area (TPSA) is 40.7 Å². The lowest BCUT2D eigenvalue weighted by atomic mass is 10.2. The number of H-pyrrole nitrogens is 1. The number of benzene rings is 1. The van der Waals surface area contributed by atoms with Gasteiger partial charge in [0.15, 0.2) is 0 Å². The molecule has 0 spiro atoms. The minimum atomic E-state index is -4.24. The van der Waals surface area contributed by atoms with Crippen LogP contribution in [0.15, 0.2) is 41.6 Å². The molecule has 0 radical (unpaired) electrons. The fraction of sp³-hybridized carbons (Fsp3) is 0.308.